The second-order valence-corrected chi connectivity index (χ2v) is 5.31. The highest BCUT2D eigenvalue weighted by Crippen LogP contribution is 2.13. The van der Waals surface area contributed by atoms with Gasteiger partial charge in [0.1, 0.15) is 0 Å². The summed E-state index contributed by atoms with van der Waals surface area (Å²) in [6, 6.07) is 2.92. The van der Waals surface area contributed by atoms with Crippen molar-refractivity contribution in [3.05, 3.63) is 23.0 Å². The molecule has 1 heterocycles. The van der Waals surface area contributed by atoms with Crippen LogP contribution in [0, 0.1) is 13.8 Å². The molecule has 0 saturated heterocycles. The largest absolute Gasteiger partial charge is 0.352 e. The van der Waals surface area contributed by atoms with E-state index in [4.69, 9.17) is 0 Å². The van der Waals surface area contributed by atoms with Crippen molar-refractivity contribution in [2.24, 2.45) is 7.05 Å². The molecule has 0 spiro atoms. The minimum absolute atomic E-state index is 0.634. The van der Waals surface area contributed by atoms with E-state index in [-0.39, 0.29) is 0 Å². The van der Waals surface area contributed by atoms with Gasteiger partial charge in [-0.25, -0.2) is 0 Å². The van der Waals surface area contributed by atoms with Crippen LogP contribution in [0.4, 0.5) is 0 Å². The highest BCUT2D eigenvalue weighted by atomic mass is 32.2. The van der Waals surface area contributed by atoms with Crippen molar-refractivity contribution >= 4 is 11.8 Å². The van der Waals surface area contributed by atoms with Crippen molar-refractivity contribution < 1.29 is 0 Å². The van der Waals surface area contributed by atoms with Crippen LogP contribution >= 0.6 is 11.8 Å². The lowest BCUT2D eigenvalue weighted by atomic mass is 10.2. The van der Waals surface area contributed by atoms with E-state index in [1.807, 2.05) is 11.8 Å². The fourth-order valence-corrected chi connectivity index (χ4v) is 2.64. The zero-order valence-corrected chi connectivity index (χ0v) is 11.9. The first kappa shape index (κ1) is 13.7. The molecule has 1 unspecified atom stereocenters. The zero-order chi connectivity index (χ0) is 12.1. The lowest BCUT2D eigenvalue weighted by Gasteiger charge is -2.15. The molecule has 1 atom stereocenters. The Labute approximate surface area is 104 Å². The maximum Gasteiger partial charge on any atom is 0.0226 e. The van der Waals surface area contributed by atoms with Crippen LogP contribution in [0.5, 0.6) is 0 Å². The molecule has 1 aromatic heterocycles. The van der Waals surface area contributed by atoms with E-state index in [0.717, 1.165) is 6.54 Å². The monoisotopic (exact) mass is 240 g/mol. The second kappa shape index (κ2) is 6.36. The average molecular weight is 240 g/mol. The smallest absolute Gasteiger partial charge is 0.0226 e. The highest BCUT2D eigenvalue weighted by Gasteiger charge is 2.08. The Morgan fingerprint density at radius 3 is 2.56 bits per heavy atom. The van der Waals surface area contributed by atoms with E-state index >= 15 is 0 Å². The Morgan fingerprint density at radius 2 is 2.12 bits per heavy atom. The summed E-state index contributed by atoms with van der Waals surface area (Å²) in [5.41, 5.74) is 4.15. The molecule has 0 aromatic carbocycles. The maximum absolute atomic E-state index is 3.63. The van der Waals surface area contributed by atoms with E-state index in [9.17, 15) is 0 Å². The molecular weight excluding hydrogens is 216 g/mol. The van der Waals surface area contributed by atoms with Gasteiger partial charge in [-0.1, -0.05) is 6.92 Å². The third-order valence-corrected chi connectivity index (χ3v) is 4.06. The Hall–Kier alpha value is -0.410. The van der Waals surface area contributed by atoms with Crippen LogP contribution in [0.3, 0.4) is 0 Å². The van der Waals surface area contributed by atoms with E-state index in [1.165, 1.54) is 29.1 Å². The quantitative estimate of drug-likeness (QED) is 0.823. The molecule has 0 radical (unpaired) electrons. The number of rotatable bonds is 6. The van der Waals surface area contributed by atoms with Crippen molar-refractivity contribution in [2.45, 2.75) is 39.8 Å². The van der Waals surface area contributed by atoms with E-state index < -0.39 is 0 Å². The molecule has 0 aliphatic heterocycles. The number of aryl methyl sites for hydroxylation is 1. The third kappa shape index (κ3) is 3.29. The van der Waals surface area contributed by atoms with Crippen LogP contribution in [-0.2, 0) is 13.6 Å². The lowest BCUT2D eigenvalue weighted by Crippen LogP contribution is -2.30. The van der Waals surface area contributed by atoms with Crippen molar-refractivity contribution in [3.63, 3.8) is 0 Å². The molecule has 0 aliphatic carbocycles. The summed E-state index contributed by atoms with van der Waals surface area (Å²) in [5, 5.41) is 3.63. The number of hydrogen-bond donors (Lipinski definition) is 1. The fraction of sp³-hybridized carbons (Fsp3) is 0.692. The average Bonchev–Trinajstić information content (AvgIpc) is 2.52. The van der Waals surface area contributed by atoms with Crippen LogP contribution in [0.1, 0.15) is 30.3 Å². The minimum Gasteiger partial charge on any atom is -0.352 e. The number of nitrogens with one attached hydrogen (secondary N) is 1. The predicted octanol–water partition coefficient (Wildman–Crippen LogP) is 2.87. The summed E-state index contributed by atoms with van der Waals surface area (Å²) in [4.78, 5) is 0. The Balaban J connectivity index is 2.56. The van der Waals surface area contributed by atoms with Crippen LogP contribution < -0.4 is 5.32 Å². The second-order valence-electron chi connectivity index (χ2n) is 4.40. The summed E-state index contributed by atoms with van der Waals surface area (Å²) in [5.74, 6) is 1.20. The number of hydrogen-bond acceptors (Lipinski definition) is 2. The molecule has 3 heteroatoms. The standard InChI is InChI=1S/C13H24N2S/c1-6-13(9-16-5)14-8-12-7-10(2)15(4)11(12)3/h7,13-14H,6,8-9H2,1-5H3. The van der Waals surface area contributed by atoms with Crippen LogP contribution in [0.25, 0.3) is 0 Å². The molecule has 0 aliphatic rings. The van der Waals surface area contributed by atoms with Crippen molar-refractivity contribution in [1.29, 1.82) is 0 Å². The third-order valence-electron chi connectivity index (χ3n) is 3.32. The topological polar surface area (TPSA) is 17.0 Å². The molecule has 1 rings (SSSR count). The Morgan fingerprint density at radius 1 is 1.44 bits per heavy atom. The molecular formula is C13H24N2S. The number of nitrogens with zero attached hydrogens (tertiary/aromatic N) is 1. The first-order valence-corrected chi connectivity index (χ1v) is 7.33. The SMILES string of the molecule is CCC(CSC)NCc1cc(C)n(C)c1C. The molecule has 16 heavy (non-hydrogen) atoms. The summed E-state index contributed by atoms with van der Waals surface area (Å²) >= 11 is 1.91. The molecule has 1 N–H and O–H groups in total. The van der Waals surface area contributed by atoms with Gasteiger partial charge in [-0.2, -0.15) is 11.8 Å². The highest BCUT2D eigenvalue weighted by molar-refractivity contribution is 7.98. The lowest BCUT2D eigenvalue weighted by molar-refractivity contribution is 0.540. The summed E-state index contributed by atoms with van der Waals surface area (Å²) < 4.78 is 2.26. The number of thioether (sulfide) groups is 1. The Bertz CT molecular complexity index is 331. The van der Waals surface area contributed by atoms with E-state index in [0.29, 0.717) is 6.04 Å². The molecule has 2 nitrogen and oxygen atoms in total. The molecule has 0 saturated carbocycles. The normalized spacial score (nSPS) is 13.1. The molecule has 0 fully saturated rings. The van der Waals surface area contributed by atoms with Gasteiger partial charge in [0.15, 0.2) is 0 Å². The summed E-state index contributed by atoms with van der Waals surface area (Å²) in [6.07, 6.45) is 3.37. The van der Waals surface area contributed by atoms with Crippen molar-refractivity contribution in [3.8, 4) is 0 Å². The van der Waals surface area contributed by atoms with E-state index in [2.05, 4.69) is 50.0 Å². The van der Waals surface area contributed by atoms with E-state index in [1.54, 1.807) is 0 Å². The van der Waals surface area contributed by atoms with Gasteiger partial charge in [0.05, 0.1) is 0 Å². The Kier molecular flexibility index (Phi) is 5.42. The maximum atomic E-state index is 3.63. The van der Waals surface area contributed by atoms with Crippen LogP contribution in [0.2, 0.25) is 0 Å². The summed E-state index contributed by atoms with van der Waals surface area (Å²) in [7, 11) is 2.13. The first-order chi connectivity index (χ1) is 7.60. The van der Waals surface area contributed by atoms with Gasteiger partial charge in [0.25, 0.3) is 0 Å². The van der Waals surface area contributed by atoms with Gasteiger partial charge < -0.3 is 9.88 Å². The van der Waals surface area contributed by atoms with Gasteiger partial charge in [-0.15, -0.1) is 0 Å². The molecule has 0 amide bonds. The van der Waals surface area contributed by atoms with Crippen LogP contribution in [-0.4, -0.2) is 22.6 Å². The van der Waals surface area contributed by atoms with Gasteiger partial charge in [0, 0.05) is 36.8 Å². The fourth-order valence-electron chi connectivity index (χ4n) is 1.89. The minimum atomic E-state index is 0.634. The molecule has 0 bridgehead atoms. The van der Waals surface area contributed by atoms with Crippen molar-refractivity contribution in [2.75, 3.05) is 12.0 Å². The predicted molar refractivity (Wildman–Crippen MR) is 74.2 cm³/mol. The van der Waals surface area contributed by atoms with Gasteiger partial charge >= 0.3 is 0 Å². The van der Waals surface area contributed by atoms with Crippen molar-refractivity contribution in [1.82, 2.24) is 9.88 Å². The summed E-state index contributed by atoms with van der Waals surface area (Å²) in [6.45, 7) is 7.60. The van der Waals surface area contributed by atoms with Crippen LogP contribution in [0.15, 0.2) is 6.07 Å². The number of aromatic nitrogens is 1. The van der Waals surface area contributed by atoms with Gasteiger partial charge in [-0.05, 0) is 38.2 Å². The van der Waals surface area contributed by atoms with Gasteiger partial charge in [0.2, 0.25) is 0 Å². The van der Waals surface area contributed by atoms with Gasteiger partial charge in [-0.3, -0.25) is 0 Å². The molecule has 92 valence electrons. The zero-order valence-electron chi connectivity index (χ0n) is 11.1. The first-order valence-electron chi connectivity index (χ1n) is 5.94. The molecule has 1 aromatic rings.